The van der Waals surface area contributed by atoms with Crippen LogP contribution in [0.3, 0.4) is 0 Å². The Kier molecular flexibility index (Phi) is 3.98. The number of nitrogens with one attached hydrogen (secondary N) is 1. The standard InChI is InChI=1S/C12H16N2O5/c1-7-2-3-8(4-9(7)14(17)18)13-12-5-10(16)11(6-15)19-12/h2-4,10-13,15-16H,5-6H2,1H3/t10-,11+,12+/m0/s1. The van der Waals surface area contributed by atoms with E-state index in [0.717, 1.165) is 0 Å². The first-order valence-corrected chi connectivity index (χ1v) is 5.97. The largest absolute Gasteiger partial charge is 0.394 e. The van der Waals surface area contributed by atoms with E-state index in [0.29, 0.717) is 17.7 Å². The van der Waals surface area contributed by atoms with Gasteiger partial charge < -0.3 is 20.3 Å². The molecule has 0 amide bonds. The first kappa shape index (κ1) is 13.7. The molecule has 1 aromatic carbocycles. The number of nitro groups is 1. The van der Waals surface area contributed by atoms with Crippen LogP contribution in [-0.4, -0.2) is 40.2 Å². The molecule has 0 aliphatic carbocycles. The molecular formula is C12H16N2O5. The molecule has 0 bridgehead atoms. The number of nitro benzene ring substituents is 1. The van der Waals surface area contributed by atoms with Gasteiger partial charge >= 0.3 is 0 Å². The SMILES string of the molecule is Cc1ccc(N[C@H]2C[C@H](O)[C@@H](CO)O2)cc1[N+](=O)[O-]. The summed E-state index contributed by atoms with van der Waals surface area (Å²) in [6, 6.07) is 4.79. The van der Waals surface area contributed by atoms with E-state index in [2.05, 4.69) is 5.32 Å². The van der Waals surface area contributed by atoms with Crippen molar-refractivity contribution in [2.45, 2.75) is 31.8 Å². The Morgan fingerprint density at radius 3 is 2.89 bits per heavy atom. The van der Waals surface area contributed by atoms with Crippen LogP contribution in [0, 0.1) is 17.0 Å². The molecule has 0 unspecified atom stereocenters. The van der Waals surface area contributed by atoms with Gasteiger partial charge in [0.2, 0.25) is 0 Å². The van der Waals surface area contributed by atoms with Crippen molar-refractivity contribution in [2.24, 2.45) is 0 Å². The van der Waals surface area contributed by atoms with Crippen LogP contribution < -0.4 is 5.32 Å². The minimum atomic E-state index is -0.733. The fraction of sp³-hybridized carbons (Fsp3) is 0.500. The van der Waals surface area contributed by atoms with Crippen molar-refractivity contribution in [2.75, 3.05) is 11.9 Å². The highest BCUT2D eigenvalue weighted by molar-refractivity contribution is 5.55. The number of benzene rings is 1. The number of aliphatic hydroxyl groups excluding tert-OH is 2. The normalized spacial score (nSPS) is 26.4. The van der Waals surface area contributed by atoms with Gasteiger partial charge in [-0.15, -0.1) is 0 Å². The van der Waals surface area contributed by atoms with E-state index in [9.17, 15) is 15.2 Å². The van der Waals surface area contributed by atoms with Gasteiger partial charge in [0, 0.05) is 23.7 Å². The number of anilines is 1. The molecule has 3 N–H and O–H groups in total. The third kappa shape index (κ3) is 3.01. The molecule has 1 aliphatic rings. The van der Waals surface area contributed by atoms with Crippen molar-refractivity contribution < 1.29 is 19.9 Å². The maximum absolute atomic E-state index is 10.8. The van der Waals surface area contributed by atoms with Gasteiger partial charge in [0.1, 0.15) is 12.3 Å². The minimum absolute atomic E-state index is 0.0299. The highest BCUT2D eigenvalue weighted by atomic mass is 16.6. The summed E-state index contributed by atoms with van der Waals surface area (Å²) in [6.07, 6.45) is -1.48. The van der Waals surface area contributed by atoms with E-state index in [1.165, 1.54) is 6.07 Å². The topological polar surface area (TPSA) is 105 Å². The van der Waals surface area contributed by atoms with Gasteiger partial charge in [-0.05, 0) is 13.0 Å². The van der Waals surface area contributed by atoms with Crippen molar-refractivity contribution >= 4 is 11.4 Å². The Morgan fingerprint density at radius 1 is 1.58 bits per heavy atom. The number of aryl methyl sites for hydroxylation is 1. The third-order valence-corrected chi connectivity index (χ3v) is 3.14. The molecule has 0 aromatic heterocycles. The molecule has 1 aromatic rings. The van der Waals surface area contributed by atoms with Crippen LogP contribution in [0.5, 0.6) is 0 Å². The smallest absolute Gasteiger partial charge is 0.274 e. The molecule has 7 nitrogen and oxygen atoms in total. The number of hydrogen-bond donors (Lipinski definition) is 3. The lowest BCUT2D eigenvalue weighted by Crippen LogP contribution is -2.25. The van der Waals surface area contributed by atoms with E-state index in [-0.39, 0.29) is 12.3 Å². The van der Waals surface area contributed by atoms with Crippen LogP contribution in [0.15, 0.2) is 18.2 Å². The molecular weight excluding hydrogens is 252 g/mol. The van der Waals surface area contributed by atoms with E-state index >= 15 is 0 Å². The number of nitrogens with zero attached hydrogens (tertiary/aromatic N) is 1. The summed E-state index contributed by atoms with van der Waals surface area (Å²) in [6.45, 7) is 1.41. The van der Waals surface area contributed by atoms with Crippen LogP contribution in [0.1, 0.15) is 12.0 Å². The lowest BCUT2D eigenvalue weighted by atomic mass is 10.1. The van der Waals surface area contributed by atoms with Gasteiger partial charge in [-0.3, -0.25) is 10.1 Å². The molecule has 1 saturated heterocycles. The van der Waals surface area contributed by atoms with Gasteiger partial charge in [0.15, 0.2) is 0 Å². The van der Waals surface area contributed by atoms with E-state index in [1.54, 1.807) is 19.1 Å². The molecule has 7 heteroatoms. The fourth-order valence-corrected chi connectivity index (χ4v) is 2.07. The fourth-order valence-electron chi connectivity index (χ4n) is 2.07. The summed E-state index contributed by atoms with van der Waals surface area (Å²) >= 11 is 0. The Hall–Kier alpha value is -1.70. The average Bonchev–Trinajstić information content (AvgIpc) is 2.71. The maximum atomic E-state index is 10.8. The second kappa shape index (κ2) is 5.52. The van der Waals surface area contributed by atoms with Crippen molar-refractivity contribution in [3.63, 3.8) is 0 Å². The van der Waals surface area contributed by atoms with Crippen LogP contribution >= 0.6 is 0 Å². The monoisotopic (exact) mass is 268 g/mol. The van der Waals surface area contributed by atoms with Crippen LogP contribution in [-0.2, 0) is 4.74 Å². The second-order valence-electron chi connectivity index (χ2n) is 4.55. The predicted molar refractivity (Wildman–Crippen MR) is 67.8 cm³/mol. The van der Waals surface area contributed by atoms with Crippen molar-refractivity contribution in [3.8, 4) is 0 Å². The van der Waals surface area contributed by atoms with Gasteiger partial charge in [-0.25, -0.2) is 0 Å². The van der Waals surface area contributed by atoms with Gasteiger partial charge in [-0.1, -0.05) is 6.07 Å². The van der Waals surface area contributed by atoms with Gasteiger partial charge in [0.25, 0.3) is 5.69 Å². The highest BCUT2D eigenvalue weighted by Gasteiger charge is 2.33. The molecule has 2 rings (SSSR count). The zero-order valence-electron chi connectivity index (χ0n) is 10.4. The Morgan fingerprint density at radius 2 is 2.32 bits per heavy atom. The molecule has 104 valence electrons. The Labute approximate surface area is 110 Å². The summed E-state index contributed by atoms with van der Waals surface area (Å²) in [5, 5.41) is 32.4. The molecule has 0 spiro atoms. The summed E-state index contributed by atoms with van der Waals surface area (Å²) in [4.78, 5) is 10.4. The van der Waals surface area contributed by atoms with E-state index in [4.69, 9.17) is 9.84 Å². The lowest BCUT2D eigenvalue weighted by Gasteiger charge is -2.15. The number of aliphatic hydroxyl groups is 2. The summed E-state index contributed by atoms with van der Waals surface area (Å²) in [7, 11) is 0. The predicted octanol–water partition coefficient (Wildman–Crippen LogP) is 0.783. The summed E-state index contributed by atoms with van der Waals surface area (Å²) in [5.41, 5.74) is 1.16. The minimum Gasteiger partial charge on any atom is -0.394 e. The number of rotatable bonds is 4. The second-order valence-corrected chi connectivity index (χ2v) is 4.55. The van der Waals surface area contributed by atoms with Gasteiger partial charge in [0.05, 0.1) is 17.6 Å². The van der Waals surface area contributed by atoms with Crippen molar-refractivity contribution in [3.05, 3.63) is 33.9 Å². The quantitative estimate of drug-likeness (QED) is 0.550. The molecule has 0 radical (unpaired) electrons. The van der Waals surface area contributed by atoms with Crippen LogP contribution in [0.25, 0.3) is 0 Å². The Balaban J connectivity index is 2.08. The highest BCUT2D eigenvalue weighted by Crippen LogP contribution is 2.26. The first-order chi connectivity index (χ1) is 9.01. The maximum Gasteiger partial charge on any atom is 0.274 e. The number of ether oxygens (including phenoxy) is 1. The van der Waals surface area contributed by atoms with Crippen molar-refractivity contribution in [1.82, 2.24) is 0 Å². The first-order valence-electron chi connectivity index (χ1n) is 5.97. The molecule has 0 saturated carbocycles. The molecule has 1 fully saturated rings. The Bertz CT molecular complexity index is 479. The summed E-state index contributed by atoms with van der Waals surface area (Å²) < 4.78 is 5.38. The number of hydrogen-bond acceptors (Lipinski definition) is 6. The molecule has 1 aliphatic heterocycles. The summed E-state index contributed by atoms with van der Waals surface area (Å²) in [5.74, 6) is 0. The molecule has 1 heterocycles. The van der Waals surface area contributed by atoms with E-state index < -0.39 is 23.4 Å². The zero-order chi connectivity index (χ0) is 14.0. The molecule has 3 atom stereocenters. The third-order valence-electron chi connectivity index (χ3n) is 3.14. The average molecular weight is 268 g/mol. The molecule has 19 heavy (non-hydrogen) atoms. The zero-order valence-corrected chi connectivity index (χ0v) is 10.4. The lowest BCUT2D eigenvalue weighted by molar-refractivity contribution is -0.385. The van der Waals surface area contributed by atoms with E-state index in [1.807, 2.05) is 0 Å². The van der Waals surface area contributed by atoms with Crippen molar-refractivity contribution in [1.29, 1.82) is 0 Å². The van der Waals surface area contributed by atoms with Gasteiger partial charge in [-0.2, -0.15) is 0 Å². The van der Waals surface area contributed by atoms with Crippen LogP contribution in [0.2, 0.25) is 0 Å². The van der Waals surface area contributed by atoms with Crippen LogP contribution in [0.4, 0.5) is 11.4 Å².